The van der Waals surface area contributed by atoms with E-state index in [-0.39, 0.29) is 11.9 Å². The Balaban J connectivity index is 1.37. The SMILES string of the molecule is O=C(NC1CCN(c2cccc(Cl)c2)C1)c1cc(C2CC2)on1. The third kappa shape index (κ3) is 3.20. The highest BCUT2D eigenvalue weighted by Crippen LogP contribution is 2.40. The van der Waals surface area contributed by atoms with Gasteiger partial charge in [0.05, 0.1) is 0 Å². The van der Waals surface area contributed by atoms with E-state index in [4.69, 9.17) is 16.1 Å². The second-order valence-electron chi connectivity index (χ2n) is 6.27. The maximum Gasteiger partial charge on any atom is 0.273 e. The maximum absolute atomic E-state index is 12.3. The minimum absolute atomic E-state index is 0.113. The molecule has 2 fully saturated rings. The van der Waals surface area contributed by atoms with Gasteiger partial charge < -0.3 is 14.7 Å². The van der Waals surface area contributed by atoms with Gasteiger partial charge in [-0.15, -0.1) is 0 Å². The lowest BCUT2D eigenvalue weighted by atomic mass is 10.2. The van der Waals surface area contributed by atoms with Crippen molar-refractivity contribution in [3.05, 3.63) is 46.8 Å². The van der Waals surface area contributed by atoms with Gasteiger partial charge >= 0.3 is 0 Å². The number of rotatable bonds is 4. The quantitative estimate of drug-likeness (QED) is 0.934. The normalized spacial score (nSPS) is 20.7. The van der Waals surface area contributed by atoms with Crippen molar-refractivity contribution in [3.63, 3.8) is 0 Å². The monoisotopic (exact) mass is 331 g/mol. The Bertz CT molecular complexity index is 726. The molecule has 2 heterocycles. The summed E-state index contributed by atoms with van der Waals surface area (Å²) in [6.07, 6.45) is 3.17. The Labute approximate surface area is 139 Å². The van der Waals surface area contributed by atoms with E-state index in [1.54, 1.807) is 6.07 Å². The largest absolute Gasteiger partial charge is 0.369 e. The molecule has 1 N–H and O–H groups in total. The summed E-state index contributed by atoms with van der Waals surface area (Å²) in [6, 6.07) is 9.68. The molecule has 1 aromatic carbocycles. The smallest absolute Gasteiger partial charge is 0.273 e. The topological polar surface area (TPSA) is 58.4 Å². The van der Waals surface area contributed by atoms with Crippen LogP contribution in [-0.4, -0.2) is 30.2 Å². The Morgan fingerprint density at radius 2 is 2.17 bits per heavy atom. The van der Waals surface area contributed by atoms with E-state index < -0.39 is 0 Å². The first-order chi connectivity index (χ1) is 11.2. The fourth-order valence-corrected chi connectivity index (χ4v) is 3.19. The van der Waals surface area contributed by atoms with Crippen molar-refractivity contribution >= 4 is 23.2 Å². The van der Waals surface area contributed by atoms with Crippen LogP contribution in [-0.2, 0) is 0 Å². The Morgan fingerprint density at radius 3 is 2.96 bits per heavy atom. The molecule has 1 atom stereocenters. The van der Waals surface area contributed by atoms with Crippen molar-refractivity contribution in [1.29, 1.82) is 0 Å². The number of hydrogen-bond donors (Lipinski definition) is 1. The molecule has 6 heteroatoms. The standard InChI is InChI=1S/C17H18ClN3O2/c18-12-2-1-3-14(8-12)21-7-6-13(10-21)19-17(22)15-9-16(23-20-15)11-4-5-11/h1-3,8-9,11,13H,4-7,10H2,(H,19,22). The summed E-state index contributed by atoms with van der Waals surface area (Å²) in [5.74, 6) is 1.15. The van der Waals surface area contributed by atoms with Crippen LogP contribution in [0.15, 0.2) is 34.9 Å². The predicted molar refractivity (Wildman–Crippen MR) is 88.0 cm³/mol. The van der Waals surface area contributed by atoms with Gasteiger partial charge in [0.25, 0.3) is 5.91 Å². The number of aromatic nitrogens is 1. The van der Waals surface area contributed by atoms with Crippen molar-refractivity contribution in [2.45, 2.75) is 31.2 Å². The lowest BCUT2D eigenvalue weighted by Gasteiger charge is -2.19. The molecule has 120 valence electrons. The van der Waals surface area contributed by atoms with E-state index >= 15 is 0 Å². The average molecular weight is 332 g/mol. The number of amides is 1. The number of hydrogen-bond acceptors (Lipinski definition) is 4. The molecule has 1 saturated heterocycles. The Hall–Kier alpha value is -2.01. The highest BCUT2D eigenvalue weighted by molar-refractivity contribution is 6.30. The Kier molecular flexibility index (Phi) is 3.73. The van der Waals surface area contributed by atoms with Crippen LogP contribution in [0.3, 0.4) is 0 Å². The first-order valence-electron chi connectivity index (χ1n) is 7.97. The van der Waals surface area contributed by atoms with Gasteiger partial charge in [0.15, 0.2) is 5.69 Å². The zero-order chi connectivity index (χ0) is 15.8. The van der Waals surface area contributed by atoms with Crippen LogP contribution in [0.1, 0.15) is 41.4 Å². The van der Waals surface area contributed by atoms with E-state index in [0.29, 0.717) is 11.6 Å². The maximum atomic E-state index is 12.3. The summed E-state index contributed by atoms with van der Waals surface area (Å²) in [6.45, 7) is 1.68. The second kappa shape index (κ2) is 5.89. The van der Waals surface area contributed by atoms with Gasteiger partial charge in [-0.3, -0.25) is 4.79 Å². The van der Waals surface area contributed by atoms with Gasteiger partial charge in [-0.2, -0.15) is 0 Å². The van der Waals surface area contributed by atoms with Crippen LogP contribution in [0, 0.1) is 0 Å². The number of nitrogens with zero attached hydrogens (tertiary/aromatic N) is 2. The van der Waals surface area contributed by atoms with Crippen molar-refractivity contribution in [2.75, 3.05) is 18.0 Å². The zero-order valence-corrected chi connectivity index (χ0v) is 13.4. The van der Waals surface area contributed by atoms with Crippen molar-refractivity contribution in [2.24, 2.45) is 0 Å². The van der Waals surface area contributed by atoms with E-state index in [1.807, 2.05) is 24.3 Å². The fourth-order valence-electron chi connectivity index (χ4n) is 3.00. The average Bonchev–Trinajstić information content (AvgIpc) is 3.09. The number of benzene rings is 1. The molecule has 1 aromatic heterocycles. The highest BCUT2D eigenvalue weighted by atomic mass is 35.5. The molecule has 1 saturated carbocycles. The highest BCUT2D eigenvalue weighted by Gasteiger charge is 2.30. The molecule has 5 nitrogen and oxygen atoms in total. The number of halogens is 1. The molecule has 1 unspecified atom stereocenters. The molecule has 0 bridgehead atoms. The molecule has 1 aliphatic heterocycles. The van der Waals surface area contributed by atoms with Gasteiger partial charge in [-0.1, -0.05) is 22.8 Å². The molecule has 2 aliphatic rings. The van der Waals surface area contributed by atoms with E-state index in [2.05, 4.69) is 15.4 Å². The molecule has 1 amide bonds. The van der Waals surface area contributed by atoms with Gasteiger partial charge in [0.2, 0.25) is 0 Å². The molecule has 2 aromatic rings. The van der Waals surface area contributed by atoms with Crippen LogP contribution >= 0.6 is 11.6 Å². The minimum atomic E-state index is -0.154. The summed E-state index contributed by atoms with van der Waals surface area (Å²) in [7, 11) is 0. The third-order valence-corrected chi connectivity index (χ3v) is 4.67. The van der Waals surface area contributed by atoms with Crippen molar-refractivity contribution in [3.8, 4) is 0 Å². The lowest BCUT2D eigenvalue weighted by Crippen LogP contribution is -2.37. The van der Waals surface area contributed by atoms with Crippen LogP contribution in [0.2, 0.25) is 5.02 Å². The molecule has 0 radical (unpaired) electrons. The number of carbonyl (C=O) groups excluding carboxylic acids is 1. The minimum Gasteiger partial charge on any atom is -0.369 e. The number of nitrogens with one attached hydrogen (secondary N) is 1. The Morgan fingerprint density at radius 1 is 1.30 bits per heavy atom. The third-order valence-electron chi connectivity index (χ3n) is 4.44. The van der Waals surface area contributed by atoms with Crippen LogP contribution in [0.25, 0.3) is 0 Å². The molecular weight excluding hydrogens is 314 g/mol. The lowest BCUT2D eigenvalue weighted by molar-refractivity contribution is 0.0931. The van der Waals surface area contributed by atoms with Gasteiger partial charge in [0.1, 0.15) is 5.76 Å². The van der Waals surface area contributed by atoms with Gasteiger partial charge in [-0.25, -0.2) is 0 Å². The fraction of sp³-hybridized carbons (Fsp3) is 0.412. The number of carbonyl (C=O) groups is 1. The first-order valence-corrected chi connectivity index (χ1v) is 8.35. The number of anilines is 1. The van der Waals surface area contributed by atoms with Crippen molar-refractivity contribution in [1.82, 2.24) is 10.5 Å². The summed E-state index contributed by atoms with van der Waals surface area (Å²) < 4.78 is 5.24. The van der Waals surface area contributed by atoms with Crippen LogP contribution in [0.5, 0.6) is 0 Å². The van der Waals surface area contributed by atoms with Gasteiger partial charge in [0, 0.05) is 41.8 Å². The zero-order valence-electron chi connectivity index (χ0n) is 12.7. The van der Waals surface area contributed by atoms with Crippen LogP contribution < -0.4 is 10.2 Å². The summed E-state index contributed by atoms with van der Waals surface area (Å²) >= 11 is 6.04. The molecular formula is C17H18ClN3O2. The molecule has 0 spiro atoms. The molecule has 1 aliphatic carbocycles. The summed E-state index contributed by atoms with van der Waals surface area (Å²) in [5, 5.41) is 7.66. The van der Waals surface area contributed by atoms with E-state index in [1.165, 1.54) is 0 Å². The first kappa shape index (κ1) is 14.6. The molecule has 23 heavy (non-hydrogen) atoms. The van der Waals surface area contributed by atoms with E-state index in [0.717, 1.165) is 48.8 Å². The molecule has 4 rings (SSSR count). The summed E-state index contributed by atoms with van der Waals surface area (Å²) in [4.78, 5) is 14.5. The summed E-state index contributed by atoms with van der Waals surface area (Å²) in [5.41, 5.74) is 1.47. The van der Waals surface area contributed by atoms with E-state index in [9.17, 15) is 4.79 Å². The second-order valence-corrected chi connectivity index (χ2v) is 6.71. The van der Waals surface area contributed by atoms with Gasteiger partial charge in [-0.05, 0) is 37.5 Å². The van der Waals surface area contributed by atoms with Crippen molar-refractivity contribution < 1.29 is 9.32 Å². The predicted octanol–water partition coefficient (Wildman–Crippen LogP) is 3.21. The van der Waals surface area contributed by atoms with Crippen LogP contribution in [0.4, 0.5) is 5.69 Å².